The fourth-order valence-electron chi connectivity index (χ4n) is 3.32. The third-order valence-electron chi connectivity index (χ3n) is 4.30. The summed E-state index contributed by atoms with van der Waals surface area (Å²) < 4.78 is 28.4. The van der Waals surface area contributed by atoms with Gasteiger partial charge in [0.15, 0.2) is 0 Å². The van der Waals surface area contributed by atoms with Gasteiger partial charge in [-0.25, -0.2) is 0 Å². The molecule has 0 aliphatic heterocycles. The Hall–Kier alpha value is -1.42. The van der Waals surface area contributed by atoms with Gasteiger partial charge in [-0.2, -0.15) is 8.78 Å². The molecule has 20 heavy (non-hydrogen) atoms. The maximum Gasteiger partial charge on any atom is 0.387 e. The van der Waals surface area contributed by atoms with Crippen molar-refractivity contribution in [1.82, 2.24) is 5.32 Å². The number of alkyl halides is 2. The predicted octanol–water partition coefficient (Wildman–Crippen LogP) is 3.59. The third kappa shape index (κ3) is 3.18. The molecular formula is C16H19F2NO. The van der Waals surface area contributed by atoms with Gasteiger partial charge in [-0.3, -0.25) is 0 Å². The molecule has 1 N–H and O–H groups in total. The molecule has 0 amide bonds. The van der Waals surface area contributed by atoms with Gasteiger partial charge in [-0.05, 0) is 54.8 Å². The van der Waals surface area contributed by atoms with E-state index in [1.165, 1.54) is 12.8 Å². The van der Waals surface area contributed by atoms with Crippen LogP contribution in [0.5, 0.6) is 5.75 Å². The maximum absolute atomic E-state index is 12.0. The highest BCUT2D eigenvalue weighted by molar-refractivity contribution is 5.27. The van der Waals surface area contributed by atoms with Crippen LogP contribution in [0.15, 0.2) is 36.4 Å². The largest absolute Gasteiger partial charge is 0.435 e. The number of benzene rings is 1. The lowest BCUT2D eigenvalue weighted by atomic mass is 9.93. The molecule has 1 saturated carbocycles. The van der Waals surface area contributed by atoms with Gasteiger partial charge in [0.1, 0.15) is 5.75 Å². The summed E-state index contributed by atoms with van der Waals surface area (Å²) in [5, 5.41) is 3.47. The van der Waals surface area contributed by atoms with Crippen LogP contribution in [-0.2, 0) is 6.54 Å². The summed E-state index contributed by atoms with van der Waals surface area (Å²) in [4.78, 5) is 0. The van der Waals surface area contributed by atoms with Gasteiger partial charge in [0, 0.05) is 6.54 Å². The highest BCUT2D eigenvalue weighted by Crippen LogP contribution is 2.42. The van der Waals surface area contributed by atoms with E-state index in [-0.39, 0.29) is 5.75 Å². The van der Waals surface area contributed by atoms with E-state index in [0.717, 1.165) is 36.4 Å². The lowest BCUT2D eigenvalue weighted by Crippen LogP contribution is -2.25. The highest BCUT2D eigenvalue weighted by atomic mass is 19.3. The smallest absolute Gasteiger partial charge is 0.387 e. The maximum atomic E-state index is 12.0. The monoisotopic (exact) mass is 279 g/mol. The first kappa shape index (κ1) is 13.6. The van der Waals surface area contributed by atoms with E-state index >= 15 is 0 Å². The molecule has 2 bridgehead atoms. The molecule has 2 aliphatic rings. The second kappa shape index (κ2) is 5.92. The Kier molecular flexibility index (Phi) is 4.01. The lowest BCUT2D eigenvalue weighted by Gasteiger charge is -2.18. The van der Waals surface area contributed by atoms with E-state index in [1.807, 2.05) is 12.1 Å². The van der Waals surface area contributed by atoms with Crippen LogP contribution in [0.4, 0.5) is 8.78 Å². The Morgan fingerprint density at radius 2 is 1.95 bits per heavy atom. The van der Waals surface area contributed by atoms with Crippen LogP contribution in [0.2, 0.25) is 0 Å². The minimum atomic E-state index is -2.76. The molecule has 0 spiro atoms. The number of fused-ring (bicyclic) bond motifs is 2. The van der Waals surface area contributed by atoms with Crippen molar-refractivity contribution >= 4 is 0 Å². The molecule has 1 aromatic rings. The first-order valence-electron chi connectivity index (χ1n) is 7.13. The normalized spacial score (nSPS) is 27.4. The van der Waals surface area contributed by atoms with Gasteiger partial charge in [-0.1, -0.05) is 24.3 Å². The quantitative estimate of drug-likeness (QED) is 0.803. The summed E-state index contributed by atoms with van der Waals surface area (Å²) in [6.45, 7) is -0.960. The highest BCUT2D eigenvalue weighted by Gasteiger charge is 2.34. The van der Waals surface area contributed by atoms with E-state index in [0.29, 0.717) is 0 Å². The number of hydrogen-bond donors (Lipinski definition) is 1. The van der Waals surface area contributed by atoms with E-state index in [4.69, 9.17) is 0 Å². The molecule has 1 aromatic carbocycles. The van der Waals surface area contributed by atoms with Crippen LogP contribution in [0.3, 0.4) is 0 Å². The van der Waals surface area contributed by atoms with Crippen molar-refractivity contribution in [2.75, 3.05) is 6.54 Å². The molecule has 0 heterocycles. The van der Waals surface area contributed by atoms with E-state index in [1.54, 1.807) is 12.1 Å². The van der Waals surface area contributed by atoms with E-state index < -0.39 is 6.61 Å². The summed E-state index contributed by atoms with van der Waals surface area (Å²) in [6.07, 6.45) is 7.33. The first-order chi connectivity index (χ1) is 9.70. The first-order valence-corrected chi connectivity index (χ1v) is 7.13. The molecule has 0 radical (unpaired) electrons. The molecule has 3 unspecified atom stereocenters. The SMILES string of the molecule is FC(F)Oc1ccc(CNCC2CC3C=CC2C3)cc1. The Morgan fingerprint density at radius 3 is 2.55 bits per heavy atom. The number of allylic oxidation sites excluding steroid dienone is 2. The van der Waals surface area contributed by atoms with Crippen molar-refractivity contribution in [3.05, 3.63) is 42.0 Å². The Morgan fingerprint density at radius 1 is 1.15 bits per heavy atom. The van der Waals surface area contributed by atoms with Crippen LogP contribution < -0.4 is 10.1 Å². The molecule has 2 nitrogen and oxygen atoms in total. The van der Waals surface area contributed by atoms with Gasteiger partial charge in [0.25, 0.3) is 0 Å². The van der Waals surface area contributed by atoms with Crippen LogP contribution in [0.1, 0.15) is 18.4 Å². The molecule has 3 atom stereocenters. The minimum Gasteiger partial charge on any atom is -0.435 e. The molecular weight excluding hydrogens is 260 g/mol. The van der Waals surface area contributed by atoms with Crippen LogP contribution in [0.25, 0.3) is 0 Å². The van der Waals surface area contributed by atoms with Crippen molar-refractivity contribution in [3.8, 4) is 5.75 Å². The van der Waals surface area contributed by atoms with Crippen molar-refractivity contribution in [1.29, 1.82) is 0 Å². The molecule has 2 aliphatic carbocycles. The minimum absolute atomic E-state index is 0.210. The predicted molar refractivity (Wildman–Crippen MR) is 73.6 cm³/mol. The van der Waals surface area contributed by atoms with Gasteiger partial charge in [0.05, 0.1) is 0 Å². The van der Waals surface area contributed by atoms with Crippen LogP contribution in [0, 0.1) is 17.8 Å². The lowest BCUT2D eigenvalue weighted by molar-refractivity contribution is -0.0498. The summed E-state index contributed by atoms with van der Waals surface area (Å²) in [7, 11) is 0. The number of hydrogen-bond acceptors (Lipinski definition) is 2. The average Bonchev–Trinajstić information content (AvgIpc) is 3.02. The van der Waals surface area contributed by atoms with Gasteiger partial charge < -0.3 is 10.1 Å². The fraction of sp³-hybridized carbons (Fsp3) is 0.500. The third-order valence-corrected chi connectivity index (χ3v) is 4.30. The second-order valence-electron chi connectivity index (χ2n) is 5.69. The Labute approximate surface area is 117 Å². The summed E-state index contributed by atoms with van der Waals surface area (Å²) in [6, 6.07) is 6.82. The molecule has 0 saturated heterocycles. The number of rotatable bonds is 6. The molecule has 4 heteroatoms. The summed E-state index contributed by atoms with van der Waals surface area (Å²) in [5.74, 6) is 2.53. The second-order valence-corrected chi connectivity index (χ2v) is 5.69. The topological polar surface area (TPSA) is 21.3 Å². The number of halogens is 2. The molecule has 3 rings (SSSR count). The zero-order valence-corrected chi connectivity index (χ0v) is 11.3. The van der Waals surface area contributed by atoms with E-state index in [2.05, 4.69) is 22.2 Å². The molecule has 1 fully saturated rings. The zero-order valence-electron chi connectivity index (χ0n) is 11.3. The standard InChI is InChI=1S/C16H19F2NO/c17-16(18)20-15-5-2-11(3-6-15)9-19-10-14-8-12-1-4-13(14)7-12/h1-6,12-14,16,19H,7-10H2. The van der Waals surface area contributed by atoms with Crippen molar-refractivity contribution in [2.24, 2.45) is 17.8 Å². The summed E-state index contributed by atoms with van der Waals surface area (Å²) >= 11 is 0. The van der Waals surface area contributed by atoms with Gasteiger partial charge >= 0.3 is 6.61 Å². The molecule has 0 aromatic heterocycles. The Balaban J connectivity index is 1.43. The van der Waals surface area contributed by atoms with Crippen molar-refractivity contribution < 1.29 is 13.5 Å². The number of ether oxygens (including phenoxy) is 1. The summed E-state index contributed by atoms with van der Waals surface area (Å²) in [5.41, 5.74) is 1.09. The van der Waals surface area contributed by atoms with Crippen LogP contribution >= 0.6 is 0 Å². The van der Waals surface area contributed by atoms with Gasteiger partial charge in [-0.15, -0.1) is 0 Å². The zero-order chi connectivity index (χ0) is 13.9. The van der Waals surface area contributed by atoms with Crippen molar-refractivity contribution in [2.45, 2.75) is 26.0 Å². The van der Waals surface area contributed by atoms with E-state index in [9.17, 15) is 8.78 Å². The van der Waals surface area contributed by atoms with Crippen molar-refractivity contribution in [3.63, 3.8) is 0 Å². The molecule has 108 valence electrons. The van der Waals surface area contributed by atoms with Gasteiger partial charge in [0.2, 0.25) is 0 Å². The number of nitrogens with one attached hydrogen (secondary N) is 1. The fourth-order valence-corrected chi connectivity index (χ4v) is 3.32. The van der Waals surface area contributed by atoms with Crippen LogP contribution in [-0.4, -0.2) is 13.2 Å². The average molecular weight is 279 g/mol. The Bertz CT molecular complexity index is 472.